The van der Waals surface area contributed by atoms with E-state index >= 15 is 0 Å². The second kappa shape index (κ2) is 13.0. The molecule has 29 heavy (non-hydrogen) atoms. The maximum absolute atomic E-state index is 11.7. The summed E-state index contributed by atoms with van der Waals surface area (Å²) in [4.78, 5) is 13.5. The number of amides is 1. The van der Waals surface area contributed by atoms with Crippen LogP contribution in [0, 0.1) is 0 Å². The summed E-state index contributed by atoms with van der Waals surface area (Å²) < 4.78 is 5.47. The number of carbonyl (C=O) groups excluding carboxylic acids is 1. The summed E-state index contributed by atoms with van der Waals surface area (Å²) in [5.74, 6) is 0.0881. The Bertz CT molecular complexity index is 792. The first-order valence-electron chi connectivity index (χ1n) is 9.38. The quantitative estimate of drug-likeness (QED) is 0.517. The van der Waals surface area contributed by atoms with Crippen molar-refractivity contribution >= 4 is 29.1 Å². The lowest BCUT2D eigenvalue weighted by atomic mass is 10.1. The van der Waals surface area contributed by atoms with Crippen molar-refractivity contribution in [3.05, 3.63) is 107 Å². The molecule has 0 N–H and O–H groups in total. The van der Waals surface area contributed by atoms with Gasteiger partial charge in [-0.25, -0.2) is 0 Å². The molecule has 0 bridgehead atoms. The molecule has 1 saturated heterocycles. The fourth-order valence-electron chi connectivity index (χ4n) is 2.56. The van der Waals surface area contributed by atoms with Crippen LogP contribution >= 0.6 is 23.2 Å². The van der Waals surface area contributed by atoms with Crippen LogP contribution in [0.3, 0.4) is 0 Å². The zero-order valence-electron chi connectivity index (χ0n) is 16.4. The molecule has 1 amide bonds. The summed E-state index contributed by atoms with van der Waals surface area (Å²) in [6.45, 7) is 1.34. The zero-order valence-corrected chi connectivity index (χ0v) is 17.9. The van der Waals surface area contributed by atoms with Crippen LogP contribution in [0.25, 0.3) is 0 Å². The summed E-state index contributed by atoms with van der Waals surface area (Å²) in [5.41, 5.74) is 1.14. The smallest absolute Gasteiger partial charge is 0.251 e. The standard InChI is InChI=1S/C12H15NO2.2C6H5Cl/c1-13-7-8-15-11(12(13)14)9-10-5-3-2-4-6-10;2*7-6-4-2-1-3-5-6/h2-6,11H,7-9H2,1H3;2*1-5H. The molecule has 4 rings (SSSR count). The molecule has 5 heteroatoms. The minimum atomic E-state index is -0.300. The number of hydrogen-bond acceptors (Lipinski definition) is 2. The average Bonchev–Trinajstić information content (AvgIpc) is 2.74. The van der Waals surface area contributed by atoms with Crippen molar-refractivity contribution in [2.24, 2.45) is 0 Å². The molecular weight excluding hydrogens is 405 g/mol. The van der Waals surface area contributed by atoms with E-state index in [9.17, 15) is 4.79 Å². The summed E-state index contributed by atoms with van der Waals surface area (Å²) in [5, 5.41) is 1.59. The van der Waals surface area contributed by atoms with Crippen LogP contribution in [-0.2, 0) is 16.0 Å². The Kier molecular flexibility index (Phi) is 10.3. The van der Waals surface area contributed by atoms with Crippen molar-refractivity contribution in [2.45, 2.75) is 12.5 Å². The van der Waals surface area contributed by atoms with Crippen molar-refractivity contribution < 1.29 is 9.53 Å². The Labute approximate surface area is 182 Å². The minimum absolute atomic E-state index is 0.0881. The van der Waals surface area contributed by atoms with E-state index in [1.165, 1.54) is 0 Å². The highest BCUT2D eigenvalue weighted by atomic mass is 35.5. The Morgan fingerprint density at radius 3 is 1.69 bits per heavy atom. The lowest BCUT2D eigenvalue weighted by Crippen LogP contribution is -2.46. The summed E-state index contributed by atoms with van der Waals surface area (Å²) in [6.07, 6.45) is 0.371. The molecule has 3 aromatic carbocycles. The molecule has 0 aliphatic carbocycles. The van der Waals surface area contributed by atoms with E-state index in [1.54, 1.807) is 4.90 Å². The average molecular weight is 430 g/mol. The van der Waals surface area contributed by atoms with Gasteiger partial charge in [0.1, 0.15) is 6.10 Å². The topological polar surface area (TPSA) is 29.5 Å². The number of morpholine rings is 1. The number of nitrogens with zero attached hydrogens (tertiary/aromatic N) is 1. The third-order valence-corrected chi connectivity index (χ3v) is 4.63. The first-order chi connectivity index (χ1) is 14.1. The maximum atomic E-state index is 11.7. The molecule has 0 spiro atoms. The molecule has 1 heterocycles. The van der Waals surface area contributed by atoms with Crippen molar-refractivity contribution in [2.75, 3.05) is 20.2 Å². The van der Waals surface area contributed by atoms with Gasteiger partial charge in [0.2, 0.25) is 0 Å². The summed E-state index contributed by atoms with van der Waals surface area (Å²) in [6, 6.07) is 28.9. The number of ether oxygens (including phenoxy) is 1. The van der Waals surface area contributed by atoms with Crippen LogP contribution in [0.1, 0.15) is 5.56 Å². The second-order valence-electron chi connectivity index (χ2n) is 6.40. The molecule has 1 aliphatic heterocycles. The van der Waals surface area contributed by atoms with Crippen molar-refractivity contribution in [1.29, 1.82) is 0 Å². The van der Waals surface area contributed by atoms with E-state index in [0.29, 0.717) is 19.6 Å². The van der Waals surface area contributed by atoms with E-state index < -0.39 is 0 Å². The fourth-order valence-corrected chi connectivity index (χ4v) is 2.85. The van der Waals surface area contributed by atoms with Gasteiger partial charge >= 0.3 is 0 Å². The molecule has 0 aromatic heterocycles. The van der Waals surface area contributed by atoms with Crippen molar-refractivity contribution in [3.63, 3.8) is 0 Å². The number of rotatable bonds is 2. The van der Waals surface area contributed by atoms with Crippen LogP contribution < -0.4 is 0 Å². The first-order valence-corrected chi connectivity index (χ1v) is 10.1. The Morgan fingerprint density at radius 1 is 0.828 bits per heavy atom. The van der Waals surface area contributed by atoms with Gasteiger partial charge in [-0.3, -0.25) is 4.79 Å². The van der Waals surface area contributed by atoms with E-state index in [0.717, 1.165) is 15.6 Å². The van der Waals surface area contributed by atoms with E-state index in [2.05, 4.69) is 0 Å². The number of hydrogen-bond donors (Lipinski definition) is 0. The summed E-state index contributed by atoms with van der Waals surface area (Å²) >= 11 is 11.1. The number of benzene rings is 3. The van der Waals surface area contributed by atoms with Crippen LogP contribution in [0.2, 0.25) is 10.0 Å². The van der Waals surface area contributed by atoms with E-state index in [-0.39, 0.29) is 12.0 Å². The highest BCUT2D eigenvalue weighted by Crippen LogP contribution is 2.11. The molecular formula is C24H25Cl2NO2. The van der Waals surface area contributed by atoms with Gasteiger partial charge in [0, 0.05) is 30.1 Å². The SMILES string of the molecule is CN1CCOC(Cc2ccccc2)C1=O.Clc1ccccc1.Clc1ccccc1. The largest absolute Gasteiger partial charge is 0.366 e. The predicted molar refractivity (Wildman–Crippen MR) is 120 cm³/mol. The molecule has 0 saturated carbocycles. The first kappa shape index (κ1) is 23.0. The normalized spacial score (nSPS) is 15.5. The Morgan fingerprint density at radius 2 is 1.28 bits per heavy atom. The van der Waals surface area contributed by atoms with Gasteiger partial charge in [-0.15, -0.1) is 0 Å². The van der Waals surface area contributed by atoms with Crippen LogP contribution in [0.15, 0.2) is 91.0 Å². The van der Waals surface area contributed by atoms with Gasteiger partial charge in [0.05, 0.1) is 6.61 Å². The number of halogens is 2. The number of carbonyl (C=O) groups is 1. The second-order valence-corrected chi connectivity index (χ2v) is 7.27. The monoisotopic (exact) mass is 429 g/mol. The van der Waals surface area contributed by atoms with E-state index in [1.807, 2.05) is 98.0 Å². The Hall–Kier alpha value is -2.33. The van der Waals surface area contributed by atoms with Gasteiger partial charge in [-0.05, 0) is 29.8 Å². The van der Waals surface area contributed by atoms with Crippen molar-refractivity contribution in [1.82, 2.24) is 4.90 Å². The summed E-state index contributed by atoms with van der Waals surface area (Å²) in [7, 11) is 1.82. The molecule has 1 unspecified atom stereocenters. The predicted octanol–water partition coefficient (Wildman–Crippen LogP) is 5.77. The van der Waals surface area contributed by atoms with Gasteiger partial charge < -0.3 is 9.64 Å². The lowest BCUT2D eigenvalue weighted by molar-refractivity contribution is -0.150. The molecule has 152 valence electrons. The van der Waals surface area contributed by atoms with Gasteiger partial charge in [0.15, 0.2) is 0 Å². The molecule has 3 nitrogen and oxygen atoms in total. The van der Waals surface area contributed by atoms with Crippen LogP contribution in [0.4, 0.5) is 0 Å². The van der Waals surface area contributed by atoms with E-state index in [4.69, 9.17) is 27.9 Å². The van der Waals surface area contributed by atoms with Gasteiger partial charge in [0.25, 0.3) is 5.91 Å². The zero-order chi connectivity index (χ0) is 20.9. The van der Waals surface area contributed by atoms with Gasteiger partial charge in [-0.2, -0.15) is 0 Å². The van der Waals surface area contributed by atoms with Crippen LogP contribution in [0.5, 0.6) is 0 Å². The highest BCUT2D eigenvalue weighted by molar-refractivity contribution is 6.30. The molecule has 3 aromatic rings. The maximum Gasteiger partial charge on any atom is 0.251 e. The third kappa shape index (κ3) is 9.14. The Balaban J connectivity index is 0.000000178. The van der Waals surface area contributed by atoms with Crippen LogP contribution in [-0.4, -0.2) is 37.1 Å². The minimum Gasteiger partial charge on any atom is -0.366 e. The third-order valence-electron chi connectivity index (χ3n) is 4.13. The molecule has 1 fully saturated rings. The fraction of sp³-hybridized carbons (Fsp3) is 0.208. The lowest BCUT2D eigenvalue weighted by Gasteiger charge is -2.29. The highest BCUT2D eigenvalue weighted by Gasteiger charge is 2.26. The molecule has 0 radical (unpaired) electrons. The number of likely N-dealkylation sites (N-methyl/N-ethyl adjacent to an activating group) is 1. The molecule has 1 aliphatic rings. The van der Waals surface area contributed by atoms with Crippen molar-refractivity contribution in [3.8, 4) is 0 Å². The van der Waals surface area contributed by atoms with Gasteiger partial charge in [-0.1, -0.05) is 89.9 Å². The molecule has 1 atom stereocenters.